The number of anilines is 2. The molecule has 0 bridgehead atoms. The molecule has 1 radical (unpaired) electrons. The summed E-state index contributed by atoms with van der Waals surface area (Å²) in [7, 11) is 2.30. The molecule has 0 N–H and O–H groups in total. The highest BCUT2D eigenvalue weighted by Gasteiger charge is 2.38. The lowest BCUT2D eigenvalue weighted by Gasteiger charge is -2.23. The summed E-state index contributed by atoms with van der Waals surface area (Å²) in [5, 5.41) is 0. The van der Waals surface area contributed by atoms with Crippen LogP contribution in [0.1, 0.15) is 16.7 Å². The van der Waals surface area contributed by atoms with E-state index in [9.17, 15) is 0 Å². The molecule has 0 aliphatic carbocycles. The van der Waals surface area contributed by atoms with E-state index in [0.29, 0.717) is 6.04 Å². The van der Waals surface area contributed by atoms with Crippen LogP contribution in [0.2, 0.25) is 0 Å². The van der Waals surface area contributed by atoms with E-state index in [-0.39, 0.29) is 0 Å². The fraction of sp³-hybridized carbons (Fsp3) is 0.294. The molecule has 4 rings (SSSR count). The second kappa shape index (κ2) is 4.30. The van der Waals surface area contributed by atoms with Crippen LogP contribution in [-0.4, -0.2) is 20.1 Å². The van der Waals surface area contributed by atoms with Gasteiger partial charge in [-0.2, -0.15) is 0 Å². The molecule has 1 fully saturated rings. The third kappa shape index (κ3) is 1.66. The van der Waals surface area contributed by atoms with E-state index in [4.69, 9.17) is 0 Å². The van der Waals surface area contributed by atoms with Crippen LogP contribution in [0, 0.1) is 13.8 Å². The average Bonchev–Trinajstić information content (AvgIpc) is 2.96. The topological polar surface area (TPSA) is 6.48 Å². The Morgan fingerprint density at radius 3 is 2.55 bits per heavy atom. The van der Waals surface area contributed by atoms with Crippen molar-refractivity contribution >= 4 is 18.9 Å². The van der Waals surface area contributed by atoms with Gasteiger partial charge in [-0.1, -0.05) is 36.4 Å². The van der Waals surface area contributed by atoms with E-state index < -0.39 is 0 Å². The molecule has 1 saturated heterocycles. The first kappa shape index (κ1) is 11.9. The Morgan fingerprint density at radius 2 is 1.75 bits per heavy atom. The summed E-state index contributed by atoms with van der Waals surface area (Å²) in [6.07, 6.45) is 1.16. The highest BCUT2D eigenvalue weighted by molar-refractivity contribution is 6.49. The highest BCUT2D eigenvalue weighted by atomic mass is 15.3. The minimum Gasteiger partial charge on any atom is -0.396 e. The maximum absolute atomic E-state index is 2.45. The van der Waals surface area contributed by atoms with Crippen LogP contribution in [0.15, 0.2) is 42.5 Å². The van der Waals surface area contributed by atoms with Gasteiger partial charge < -0.3 is 9.62 Å². The van der Waals surface area contributed by atoms with Gasteiger partial charge in [-0.15, -0.1) is 0 Å². The van der Waals surface area contributed by atoms with Crippen LogP contribution in [0.4, 0.5) is 11.4 Å². The fourth-order valence-corrected chi connectivity index (χ4v) is 3.63. The number of aryl methyl sites for hydroxylation is 2. The summed E-state index contributed by atoms with van der Waals surface area (Å²) < 4.78 is 0. The van der Waals surface area contributed by atoms with Crippen molar-refractivity contribution in [2.24, 2.45) is 0 Å². The van der Waals surface area contributed by atoms with Crippen molar-refractivity contribution in [2.45, 2.75) is 26.3 Å². The summed E-state index contributed by atoms with van der Waals surface area (Å²) in [6.45, 7) is 5.49. The Bertz CT molecular complexity index is 648. The van der Waals surface area contributed by atoms with Crippen molar-refractivity contribution in [3.8, 4) is 0 Å². The number of benzene rings is 2. The Kier molecular flexibility index (Phi) is 2.56. The van der Waals surface area contributed by atoms with Gasteiger partial charge in [-0.3, -0.25) is 0 Å². The van der Waals surface area contributed by atoms with Gasteiger partial charge in [-0.25, -0.2) is 0 Å². The molecule has 0 amide bonds. The Labute approximate surface area is 121 Å². The third-order valence-electron chi connectivity index (χ3n) is 4.52. The molecule has 0 unspecified atom stereocenters. The zero-order valence-corrected chi connectivity index (χ0v) is 12.0. The van der Waals surface area contributed by atoms with E-state index in [1.807, 2.05) is 0 Å². The predicted octanol–water partition coefficient (Wildman–Crippen LogP) is 3.09. The Hall–Kier alpha value is -1.90. The molecule has 99 valence electrons. The minimum absolute atomic E-state index is 0.589. The molecule has 2 nitrogen and oxygen atoms in total. The second-order valence-electron chi connectivity index (χ2n) is 5.90. The summed E-state index contributed by atoms with van der Waals surface area (Å²) in [5.41, 5.74) is 6.95. The summed E-state index contributed by atoms with van der Waals surface area (Å²) in [4.78, 5) is 4.87. The Balaban J connectivity index is 1.68. The molecule has 0 spiro atoms. The SMILES string of the molecule is Cc1cccc(C)c1N1[B]N2c3ccccc3C[C@H]2C1. The van der Waals surface area contributed by atoms with Crippen molar-refractivity contribution in [3.63, 3.8) is 0 Å². The first-order valence-electron chi connectivity index (χ1n) is 7.28. The average molecular weight is 261 g/mol. The van der Waals surface area contributed by atoms with Crippen LogP contribution in [0.5, 0.6) is 0 Å². The number of fused-ring (bicyclic) bond motifs is 3. The number of hydrogen-bond donors (Lipinski definition) is 0. The molecule has 2 aromatic rings. The van der Waals surface area contributed by atoms with Crippen molar-refractivity contribution in [3.05, 3.63) is 59.2 Å². The second-order valence-corrected chi connectivity index (χ2v) is 5.90. The van der Waals surface area contributed by atoms with Gasteiger partial charge in [0.2, 0.25) is 0 Å². The lowest BCUT2D eigenvalue weighted by molar-refractivity contribution is 0.755. The predicted molar refractivity (Wildman–Crippen MR) is 85.4 cm³/mol. The quantitative estimate of drug-likeness (QED) is 0.728. The van der Waals surface area contributed by atoms with Gasteiger partial charge in [0.05, 0.1) is 0 Å². The molecular formula is C17H18BN2. The number of hydrogen-bond acceptors (Lipinski definition) is 2. The van der Waals surface area contributed by atoms with Gasteiger partial charge in [0.1, 0.15) is 0 Å². The number of rotatable bonds is 1. The highest BCUT2D eigenvalue weighted by Crippen LogP contribution is 2.37. The van der Waals surface area contributed by atoms with Crippen molar-refractivity contribution in [2.75, 3.05) is 16.2 Å². The van der Waals surface area contributed by atoms with E-state index in [1.54, 1.807) is 0 Å². The fourth-order valence-electron chi connectivity index (χ4n) is 3.63. The lowest BCUT2D eigenvalue weighted by Crippen LogP contribution is -2.31. The van der Waals surface area contributed by atoms with Gasteiger partial charge in [-0.05, 0) is 43.0 Å². The zero-order valence-electron chi connectivity index (χ0n) is 12.0. The molecule has 3 heteroatoms. The Morgan fingerprint density at radius 1 is 1.00 bits per heavy atom. The normalized spacial score (nSPS) is 19.8. The number of nitrogens with zero attached hydrogens (tertiary/aromatic N) is 2. The van der Waals surface area contributed by atoms with E-state index in [1.165, 1.54) is 28.1 Å². The summed E-state index contributed by atoms with van der Waals surface area (Å²) in [6, 6.07) is 15.9. The molecular weight excluding hydrogens is 243 g/mol. The minimum atomic E-state index is 0.589. The van der Waals surface area contributed by atoms with Gasteiger partial charge in [0, 0.05) is 24.0 Å². The third-order valence-corrected chi connectivity index (χ3v) is 4.52. The van der Waals surface area contributed by atoms with Crippen molar-refractivity contribution in [1.29, 1.82) is 0 Å². The van der Waals surface area contributed by atoms with E-state index in [2.05, 4.69) is 73.5 Å². The van der Waals surface area contributed by atoms with E-state index >= 15 is 0 Å². The van der Waals surface area contributed by atoms with Crippen LogP contribution in [0.3, 0.4) is 0 Å². The molecule has 2 aliphatic heterocycles. The standard InChI is InChI=1S/C17H18BN2/c1-12-6-5-7-13(2)17(12)19-11-15-10-14-8-3-4-9-16(14)20(15)18-19/h3-9,15H,10-11H2,1-2H3/t15-/m0/s1. The van der Waals surface area contributed by atoms with Crippen molar-refractivity contribution in [1.82, 2.24) is 0 Å². The lowest BCUT2D eigenvalue weighted by atomic mass is 10.00. The van der Waals surface area contributed by atoms with Crippen molar-refractivity contribution < 1.29 is 0 Å². The maximum Gasteiger partial charge on any atom is 0.391 e. The van der Waals surface area contributed by atoms with Crippen LogP contribution in [0.25, 0.3) is 0 Å². The largest absolute Gasteiger partial charge is 0.396 e. The maximum atomic E-state index is 2.45. The molecule has 1 atom stereocenters. The van der Waals surface area contributed by atoms with Gasteiger partial charge in [0.25, 0.3) is 0 Å². The van der Waals surface area contributed by atoms with Crippen LogP contribution >= 0.6 is 0 Å². The van der Waals surface area contributed by atoms with Gasteiger partial charge in [0.15, 0.2) is 0 Å². The van der Waals surface area contributed by atoms with E-state index in [0.717, 1.165) is 13.0 Å². The smallest absolute Gasteiger partial charge is 0.391 e. The first-order chi connectivity index (χ1) is 9.74. The van der Waals surface area contributed by atoms with Crippen LogP contribution < -0.4 is 9.62 Å². The molecule has 0 saturated carbocycles. The summed E-state index contributed by atoms with van der Waals surface area (Å²) >= 11 is 0. The molecule has 2 heterocycles. The summed E-state index contributed by atoms with van der Waals surface area (Å²) in [5.74, 6) is 0. The van der Waals surface area contributed by atoms with Crippen LogP contribution in [-0.2, 0) is 6.42 Å². The molecule has 0 aromatic heterocycles. The zero-order chi connectivity index (χ0) is 13.7. The molecule has 20 heavy (non-hydrogen) atoms. The molecule has 2 aromatic carbocycles. The number of para-hydroxylation sites is 2. The monoisotopic (exact) mass is 261 g/mol. The first-order valence-corrected chi connectivity index (χ1v) is 7.28. The molecule has 2 aliphatic rings. The van der Waals surface area contributed by atoms with Gasteiger partial charge >= 0.3 is 7.55 Å².